The predicted octanol–water partition coefficient (Wildman–Crippen LogP) is 4.01. The zero-order valence-electron chi connectivity index (χ0n) is 11.9. The Kier molecular flexibility index (Phi) is 4.62. The Morgan fingerprint density at radius 1 is 1.24 bits per heavy atom. The lowest BCUT2D eigenvalue weighted by atomic mass is 10.0. The molecule has 0 saturated heterocycles. The molecule has 4 heteroatoms. The van der Waals surface area contributed by atoms with Crippen molar-refractivity contribution in [2.75, 3.05) is 5.32 Å². The number of nitriles is 1. The van der Waals surface area contributed by atoms with Gasteiger partial charge in [-0.05, 0) is 43.2 Å². The third-order valence-electron chi connectivity index (χ3n) is 3.23. The van der Waals surface area contributed by atoms with Gasteiger partial charge in [0.2, 0.25) is 5.91 Å². The van der Waals surface area contributed by atoms with E-state index < -0.39 is 0 Å². The van der Waals surface area contributed by atoms with E-state index in [2.05, 4.69) is 5.32 Å². The van der Waals surface area contributed by atoms with Crippen molar-refractivity contribution in [2.24, 2.45) is 0 Å². The molecule has 0 aliphatic carbocycles. The highest BCUT2D eigenvalue weighted by Crippen LogP contribution is 2.23. The van der Waals surface area contributed by atoms with Crippen LogP contribution >= 0.6 is 11.6 Å². The second kappa shape index (κ2) is 6.43. The van der Waals surface area contributed by atoms with Crippen LogP contribution in [0.15, 0.2) is 36.4 Å². The summed E-state index contributed by atoms with van der Waals surface area (Å²) >= 11 is 6.03. The summed E-state index contributed by atoms with van der Waals surface area (Å²) in [4.78, 5) is 12.1. The number of anilines is 1. The Morgan fingerprint density at radius 2 is 2.00 bits per heavy atom. The minimum Gasteiger partial charge on any atom is -0.324 e. The summed E-state index contributed by atoms with van der Waals surface area (Å²) in [5.41, 5.74) is 4.10. The highest BCUT2D eigenvalue weighted by molar-refractivity contribution is 6.33. The predicted molar refractivity (Wildman–Crippen MR) is 84.4 cm³/mol. The number of aryl methyl sites for hydroxylation is 2. The first-order valence-electron chi connectivity index (χ1n) is 6.55. The zero-order valence-corrected chi connectivity index (χ0v) is 12.7. The molecule has 0 aliphatic heterocycles. The second-order valence-electron chi connectivity index (χ2n) is 4.96. The van der Waals surface area contributed by atoms with Crippen LogP contribution in [-0.2, 0) is 11.2 Å². The van der Waals surface area contributed by atoms with Crippen LogP contribution in [0.2, 0.25) is 5.02 Å². The van der Waals surface area contributed by atoms with E-state index in [1.165, 1.54) is 0 Å². The van der Waals surface area contributed by atoms with Crippen LogP contribution in [0.3, 0.4) is 0 Å². The lowest BCUT2D eigenvalue weighted by Crippen LogP contribution is -2.15. The van der Waals surface area contributed by atoms with Gasteiger partial charge in [-0.3, -0.25) is 4.79 Å². The maximum atomic E-state index is 12.1. The highest BCUT2D eigenvalue weighted by atomic mass is 35.5. The molecule has 0 aromatic heterocycles. The first-order valence-corrected chi connectivity index (χ1v) is 6.93. The van der Waals surface area contributed by atoms with E-state index in [1.807, 2.05) is 38.1 Å². The van der Waals surface area contributed by atoms with Gasteiger partial charge in [0, 0.05) is 0 Å². The highest BCUT2D eigenvalue weighted by Gasteiger charge is 2.09. The Bertz CT molecular complexity index is 732. The number of nitrogens with zero attached hydrogens (tertiary/aromatic N) is 1. The van der Waals surface area contributed by atoms with Crippen LogP contribution in [0.5, 0.6) is 0 Å². The second-order valence-corrected chi connectivity index (χ2v) is 5.37. The molecule has 2 aromatic rings. The molecule has 0 atom stereocenters. The number of amides is 1. The third-order valence-corrected chi connectivity index (χ3v) is 3.55. The molecular formula is C17H15ClN2O. The molecule has 0 heterocycles. The molecule has 0 unspecified atom stereocenters. The van der Waals surface area contributed by atoms with Crippen molar-refractivity contribution in [1.82, 2.24) is 0 Å². The molecule has 2 aromatic carbocycles. The van der Waals surface area contributed by atoms with Crippen LogP contribution in [-0.4, -0.2) is 5.91 Å². The van der Waals surface area contributed by atoms with Crippen LogP contribution in [0.4, 0.5) is 5.69 Å². The van der Waals surface area contributed by atoms with Gasteiger partial charge >= 0.3 is 0 Å². The summed E-state index contributed by atoms with van der Waals surface area (Å²) in [6.07, 6.45) is 0.278. The maximum absolute atomic E-state index is 12.1. The number of benzene rings is 2. The molecule has 106 valence electrons. The molecule has 21 heavy (non-hydrogen) atoms. The fourth-order valence-electron chi connectivity index (χ4n) is 2.05. The van der Waals surface area contributed by atoms with Gasteiger partial charge in [0.05, 0.1) is 28.8 Å². The number of hydrogen-bond acceptors (Lipinski definition) is 2. The summed E-state index contributed by atoms with van der Waals surface area (Å²) in [5, 5.41) is 12.1. The number of rotatable bonds is 3. The molecule has 0 radical (unpaired) electrons. The van der Waals surface area contributed by atoms with Crippen molar-refractivity contribution < 1.29 is 4.79 Å². The van der Waals surface area contributed by atoms with Gasteiger partial charge in [0.15, 0.2) is 0 Å². The van der Waals surface area contributed by atoms with Crippen molar-refractivity contribution in [2.45, 2.75) is 20.3 Å². The van der Waals surface area contributed by atoms with Gasteiger partial charge in [0.1, 0.15) is 0 Å². The summed E-state index contributed by atoms with van der Waals surface area (Å²) in [6, 6.07) is 12.8. The Hall–Kier alpha value is -2.31. The van der Waals surface area contributed by atoms with Gasteiger partial charge in [-0.25, -0.2) is 0 Å². The maximum Gasteiger partial charge on any atom is 0.228 e. The van der Waals surface area contributed by atoms with Crippen molar-refractivity contribution in [3.63, 3.8) is 0 Å². The lowest BCUT2D eigenvalue weighted by Gasteiger charge is -2.10. The molecule has 1 N–H and O–H groups in total. The first-order chi connectivity index (χ1) is 9.99. The number of hydrogen-bond donors (Lipinski definition) is 1. The SMILES string of the molecule is Cc1ccc(C)c(CC(=O)Nc2cc(C#N)ccc2Cl)c1. The van der Waals surface area contributed by atoms with Gasteiger partial charge in [0.25, 0.3) is 0 Å². The quantitative estimate of drug-likeness (QED) is 0.931. The summed E-state index contributed by atoms with van der Waals surface area (Å²) in [5.74, 6) is -0.152. The smallest absolute Gasteiger partial charge is 0.228 e. The largest absolute Gasteiger partial charge is 0.324 e. The minimum atomic E-state index is -0.152. The van der Waals surface area contributed by atoms with Gasteiger partial charge < -0.3 is 5.32 Å². The van der Waals surface area contributed by atoms with E-state index in [0.717, 1.165) is 16.7 Å². The van der Waals surface area contributed by atoms with Crippen molar-refractivity contribution in [1.29, 1.82) is 5.26 Å². The van der Waals surface area contributed by atoms with Gasteiger partial charge in [-0.1, -0.05) is 35.4 Å². The number of carbonyl (C=O) groups is 1. The molecule has 3 nitrogen and oxygen atoms in total. The van der Waals surface area contributed by atoms with Crippen LogP contribution < -0.4 is 5.32 Å². The minimum absolute atomic E-state index is 0.152. The normalized spacial score (nSPS) is 10.0. The summed E-state index contributed by atoms with van der Waals surface area (Å²) in [7, 11) is 0. The Labute approximate surface area is 129 Å². The van der Waals surface area contributed by atoms with Crippen molar-refractivity contribution in [3.8, 4) is 6.07 Å². The molecule has 2 rings (SSSR count). The van der Waals surface area contributed by atoms with E-state index >= 15 is 0 Å². The summed E-state index contributed by atoms with van der Waals surface area (Å²) < 4.78 is 0. The molecule has 0 fully saturated rings. The van der Waals surface area contributed by atoms with Crippen molar-refractivity contribution in [3.05, 3.63) is 63.7 Å². The van der Waals surface area contributed by atoms with Crippen molar-refractivity contribution >= 4 is 23.2 Å². The molecule has 0 aliphatic rings. The average molecular weight is 299 g/mol. The van der Waals surface area contributed by atoms with Crippen LogP contribution in [0.25, 0.3) is 0 Å². The Morgan fingerprint density at radius 3 is 2.71 bits per heavy atom. The van der Waals surface area contributed by atoms with Gasteiger partial charge in [-0.15, -0.1) is 0 Å². The van der Waals surface area contributed by atoms with E-state index in [0.29, 0.717) is 16.3 Å². The molecule has 0 bridgehead atoms. The fraction of sp³-hybridized carbons (Fsp3) is 0.176. The van der Waals surface area contributed by atoms with E-state index in [1.54, 1.807) is 18.2 Å². The van der Waals surface area contributed by atoms with Crippen LogP contribution in [0, 0.1) is 25.2 Å². The zero-order chi connectivity index (χ0) is 15.4. The van der Waals surface area contributed by atoms with E-state index in [-0.39, 0.29) is 12.3 Å². The Balaban J connectivity index is 2.15. The monoisotopic (exact) mass is 298 g/mol. The summed E-state index contributed by atoms with van der Waals surface area (Å²) in [6.45, 7) is 3.97. The molecule has 0 spiro atoms. The number of nitrogens with one attached hydrogen (secondary N) is 1. The van der Waals surface area contributed by atoms with E-state index in [9.17, 15) is 4.79 Å². The molecular weight excluding hydrogens is 284 g/mol. The molecule has 0 saturated carbocycles. The topological polar surface area (TPSA) is 52.9 Å². The number of halogens is 1. The average Bonchev–Trinajstić information content (AvgIpc) is 2.45. The third kappa shape index (κ3) is 3.84. The first kappa shape index (κ1) is 15.1. The number of carbonyl (C=O) groups excluding carboxylic acids is 1. The fourth-order valence-corrected chi connectivity index (χ4v) is 2.21. The van der Waals surface area contributed by atoms with E-state index in [4.69, 9.17) is 16.9 Å². The lowest BCUT2D eigenvalue weighted by molar-refractivity contribution is -0.115. The molecule has 1 amide bonds. The van der Waals surface area contributed by atoms with Crippen LogP contribution in [0.1, 0.15) is 22.3 Å². The standard InChI is InChI=1S/C17H15ClN2O/c1-11-3-4-12(2)14(7-11)9-17(21)20-16-8-13(10-19)5-6-15(16)18/h3-8H,9H2,1-2H3,(H,20,21). The van der Waals surface area contributed by atoms with Gasteiger partial charge in [-0.2, -0.15) is 5.26 Å².